The molecule has 0 aliphatic carbocycles. The van der Waals surface area contributed by atoms with Gasteiger partial charge in [0.15, 0.2) is 0 Å². The molecule has 0 fully saturated rings. The van der Waals surface area contributed by atoms with Gasteiger partial charge in [0.25, 0.3) is 0 Å². The van der Waals surface area contributed by atoms with Crippen molar-refractivity contribution in [3.05, 3.63) is 0 Å². The highest BCUT2D eigenvalue weighted by molar-refractivity contribution is 5.59. The van der Waals surface area contributed by atoms with Gasteiger partial charge in [0.1, 0.15) is 0 Å². The molecule has 22 heavy (non-hydrogen) atoms. The second kappa shape index (κ2) is 10.6. The lowest BCUT2D eigenvalue weighted by molar-refractivity contribution is -0.136. The second-order valence-electron chi connectivity index (χ2n) is 4.80. The predicted octanol–water partition coefficient (Wildman–Crippen LogP) is 5.39. The Hall–Kier alpha value is -1.15. The number of halogens is 6. The van der Waals surface area contributed by atoms with Crippen molar-refractivity contribution in [2.45, 2.75) is 63.7 Å². The summed E-state index contributed by atoms with van der Waals surface area (Å²) in [6.45, 7) is -0.0739. The van der Waals surface area contributed by atoms with Gasteiger partial charge in [-0.1, -0.05) is 0 Å². The fourth-order valence-corrected chi connectivity index (χ4v) is 1.56. The summed E-state index contributed by atoms with van der Waals surface area (Å²) in [5.74, 6) is 0. The van der Waals surface area contributed by atoms with Crippen LogP contribution in [0.15, 0.2) is 0 Å². The number of ether oxygens (including phenoxy) is 2. The van der Waals surface area contributed by atoms with Crippen molar-refractivity contribution >= 4 is 6.16 Å². The maximum atomic E-state index is 11.8. The number of carbonyl (C=O) groups excluding carboxylic acids is 1. The van der Waals surface area contributed by atoms with Crippen LogP contribution in [0.5, 0.6) is 0 Å². The lowest BCUT2D eigenvalue weighted by Crippen LogP contribution is -2.10. The maximum absolute atomic E-state index is 11.8. The summed E-state index contributed by atoms with van der Waals surface area (Å²) < 4.78 is 80.1. The Balaban J connectivity index is 3.33. The van der Waals surface area contributed by atoms with E-state index in [1.165, 1.54) is 0 Å². The van der Waals surface area contributed by atoms with Crippen molar-refractivity contribution in [2.24, 2.45) is 0 Å². The fourth-order valence-electron chi connectivity index (χ4n) is 1.56. The third-order valence-corrected chi connectivity index (χ3v) is 2.65. The first kappa shape index (κ1) is 20.9. The average molecular weight is 338 g/mol. The first-order valence-corrected chi connectivity index (χ1v) is 7.03. The van der Waals surface area contributed by atoms with E-state index in [9.17, 15) is 31.1 Å². The summed E-state index contributed by atoms with van der Waals surface area (Å²) in [6, 6.07) is 0. The van der Waals surface area contributed by atoms with E-state index in [2.05, 4.69) is 9.47 Å². The van der Waals surface area contributed by atoms with E-state index in [0.717, 1.165) is 0 Å². The number of hydrogen-bond acceptors (Lipinski definition) is 3. The standard InChI is InChI=1S/C13H20F6O3/c14-12(15,16)7-3-1-5-9-21-11(20)22-10-6-2-4-8-13(17,18)19/h1-10H2. The predicted molar refractivity (Wildman–Crippen MR) is 66.3 cm³/mol. The van der Waals surface area contributed by atoms with E-state index in [0.29, 0.717) is 12.8 Å². The summed E-state index contributed by atoms with van der Waals surface area (Å²) in [6.07, 6.45) is -9.92. The molecule has 0 aromatic rings. The van der Waals surface area contributed by atoms with Gasteiger partial charge in [-0.3, -0.25) is 0 Å². The van der Waals surface area contributed by atoms with Gasteiger partial charge >= 0.3 is 18.5 Å². The summed E-state index contributed by atoms with van der Waals surface area (Å²) in [4.78, 5) is 11.0. The number of rotatable bonds is 10. The molecule has 0 aromatic carbocycles. The van der Waals surface area contributed by atoms with Crippen molar-refractivity contribution in [1.29, 1.82) is 0 Å². The molecule has 9 heteroatoms. The molecule has 0 bridgehead atoms. The Bertz CT molecular complexity index is 273. The molecule has 0 saturated carbocycles. The van der Waals surface area contributed by atoms with Crippen molar-refractivity contribution < 1.29 is 40.6 Å². The highest BCUT2D eigenvalue weighted by atomic mass is 19.4. The first-order valence-electron chi connectivity index (χ1n) is 7.03. The lowest BCUT2D eigenvalue weighted by Gasteiger charge is -2.08. The Morgan fingerprint density at radius 1 is 0.636 bits per heavy atom. The Kier molecular flexibility index (Phi) is 10.0. The number of unbranched alkanes of at least 4 members (excludes halogenated alkanes) is 4. The molecule has 3 nitrogen and oxygen atoms in total. The summed E-state index contributed by atoms with van der Waals surface area (Å²) in [7, 11) is 0. The van der Waals surface area contributed by atoms with E-state index in [1.807, 2.05) is 0 Å². The highest BCUT2D eigenvalue weighted by Gasteiger charge is 2.26. The summed E-state index contributed by atoms with van der Waals surface area (Å²) in [5.41, 5.74) is 0. The minimum Gasteiger partial charge on any atom is -0.434 e. The highest BCUT2D eigenvalue weighted by Crippen LogP contribution is 2.23. The van der Waals surface area contributed by atoms with Crippen LogP contribution in [0.4, 0.5) is 31.1 Å². The number of alkyl halides is 6. The van der Waals surface area contributed by atoms with Crippen molar-refractivity contribution in [3.8, 4) is 0 Å². The van der Waals surface area contributed by atoms with Crippen LogP contribution in [-0.4, -0.2) is 31.7 Å². The Morgan fingerprint density at radius 3 is 1.32 bits per heavy atom. The Labute approximate surface area is 125 Å². The normalized spacial score (nSPS) is 12.3. The monoisotopic (exact) mass is 338 g/mol. The van der Waals surface area contributed by atoms with Gasteiger partial charge in [-0.2, -0.15) is 26.3 Å². The molecule has 0 amide bonds. The fraction of sp³-hybridized carbons (Fsp3) is 0.923. The minimum atomic E-state index is -4.17. The molecule has 0 N–H and O–H groups in total. The lowest BCUT2D eigenvalue weighted by atomic mass is 10.2. The summed E-state index contributed by atoms with van der Waals surface area (Å²) >= 11 is 0. The third-order valence-electron chi connectivity index (χ3n) is 2.65. The molecule has 0 rings (SSSR count). The maximum Gasteiger partial charge on any atom is 0.508 e. The number of hydrogen-bond donors (Lipinski definition) is 0. The third kappa shape index (κ3) is 16.9. The zero-order valence-corrected chi connectivity index (χ0v) is 12.1. The molecule has 0 spiro atoms. The topological polar surface area (TPSA) is 35.5 Å². The van der Waals surface area contributed by atoms with Gasteiger partial charge in [-0.05, 0) is 38.5 Å². The molecule has 0 unspecified atom stereocenters. The zero-order chi connectivity index (χ0) is 17.1. The molecule has 132 valence electrons. The quantitative estimate of drug-likeness (QED) is 0.304. The molecule has 0 atom stereocenters. The molecular formula is C13H20F6O3. The van der Waals surface area contributed by atoms with E-state index in [-0.39, 0.29) is 38.9 Å². The van der Waals surface area contributed by atoms with E-state index in [4.69, 9.17) is 0 Å². The zero-order valence-electron chi connectivity index (χ0n) is 12.1. The van der Waals surface area contributed by atoms with E-state index >= 15 is 0 Å². The van der Waals surface area contributed by atoms with Gasteiger partial charge in [-0.15, -0.1) is 0 Å². The minimum absolute atomic E-state index is 0.0267. The van der Waals surface area contributed by atoms with Crippen molar-refractivity contribution in [1.82, 2.24) is 0 Å². The van der Waals surface area contributed by atoms with Crippen LogP contribution < -0.4 is 0 Å². The van der Waals surface area contributed by atoms with Gasteiger partial charge in [-0.25, -0.2) is 4.79 Å². The van der Waals surface area contributed by atoms with Crippen LogP contribution in [0.1, 0.15) is 51.4 Å². The van der Waals surface area contributed by atoms with E-state index < -0.39 is 31.3 Å². The van der Waals surface area contributed by atoms with Crippen LogP contribution in [0.2, 0.25) is 0 Å². The molecule has 0 aromatic heterocycles. The van der Waals surface area contributed by atoms with Crippen LogP contribution in [0.25, 0.3) is 0 Å². The van der Waals surface area contributed by atoms with Gasteiger partial charge < -0.3 is 9.47 Å². The molecular weight excluding hydrogens is 318 g/mol. The SMILES string of the molecule is O=C(OCCCCCC(F)(F)F)OCCCCCC(F)(F)F. The molecule has 0 saturated heterocycles. The van der Waals surface area contributed by atoms with Gasteiger partial charge in [0, 0.05) is 12.8 Å². The van der Waals surface area contributed by atoms with Crippen LogP contribution in [0, 0.1) is 0 Å². The van der Waals surface area contributed by atoms with Crippen LogP contribution in [0.3, 0.4) is 0 Å². The van der Waals surface area contributed by atoms with Crippen LogP contribution in [-0.2, 0) is 9.47 Å². The largest absolute Gasteiger partial charge is 0.508 e. The van der Waals surface area contributed by atoms with Crippen molar-refractivity contribution in [3.63, 3.8) is 0 Å². The van der Waals surface area contributed by atoms with Gasteiger partial charge in [0.2, 0.25) is 0 Å². The molecule has 0 radical (unpaired) electrons. The second-order valence-corrected chi connectivity index (χ2v) is 4.80. The average Bonchev–Trinajstić information content (AvgIpc) is 2.35. The molecule has 0 aliphatic rings. The van der Waals surface area contributed by atoms with Crippen molar-refractivity contribution in [2.75, 3.05) is 13.2 Å². The van der Waals surface area contributed by atoms with Gasteiger partial charge in [0.05, 0.1) is 13.2 Å². The molecule has 0 aliphatic heterocycles. The molecule has 0 heterocycles. The van der Waals surface area contributed by atoms with E-state index in [1.54, 1.807) is 0 Å². The first-order chi connectivity index (χ1) is 10.1. The smallest absolute Gasteiger partial charge is 0.434 e. The Morgan fingerprint density at radius 2 is 1.00 bits per heavy atom. The van der Waals surface area contributed by atoms with Crippen LogP contribution >= 0.6 is 0 Å². The number of carbonyl (C=O) groups is 1. The summed E-state index contributed by atoms with van der Waals surface area (Å²) in [5, 5.41) is 0.